The van der Waals surface area contributed by atoms with Crippen LogP contribution < -0.4 is 18.1 Å². The standard InChI is InChI=1S/C5H13NO2.ClH/c1-5(7-2)8-4-3-6;/h5H,3-4,6H2,1-2H3;1H/p-1. The second kappa shape index (κ2) is 8.17. The number of halogens is 1. The van der Waals surface area contributed by atoms with Gasteiger partial charge in [-0.3, -0.25) is 0 Å². The molecule has 58 valence electrons. The average Bonchev–Trinajstić information content (AvgIpc) is 1.83. The zero-order chi connectivity index (χ0) is 6.41. The van der Waals surface area contributed by atoms with Crippen molar-refractivity contribution in [3.05, 3.63) is 0 Å². The molecule has 0 radical (unpaired) electrons. The summed E-state index contributed by atoms with van der Waals surface area (Å²) < 4.78 is 9.77. The molecule has 9 heavy (non-hydrogen) atoms. The molecule has 0 aliphatic rings. The summed E-state index contributed by atoms with van der Waals surface area (Å²) in [6.07, 6.45) is -0.126. The summed E-state index contributed by atoms with van der Waals surface area (Å²) in [5, 5.41) is 0. The molecule has 0 aromatic carbocycles. The number of rotatable bonds is 4. The van der Waals surface area contributed by atoms with Gasteiger partial charge in [0, 0.05) is 13.7 Å². The van der Waals surface area contributed by atoms with Gasteiger partial charge in [0.05, 0.1) is 6.61 Å². The SMILES string of the molecule is COC(C)OCCN.[Cl-]. The first-order valence-corrected chi connectivity index (χ1v) is 2.65. The zero-order valence-corrected chi connectivity index (χ0v) is 6.52. The fourth-order valence-corrected chi connectivity index (χ4v) is 0.302. The zero-order valence-electron chi connectivity index (χ0n) is 5.76. The number of nitrogens with two attached hydrogens (primary N) is 1. The van der Waals surface area contributed by atoms with Gasteiger partial charge in [0.1, 0.15) is 0 Å². The predicted molar refractivity (Wildman–Crippen MR) is 31.5 cm³/mol. The smallest absolute Gasteiger partial charge is 0.154 e. The van der Waals surface area contributed by atoms with Crippen LogP contribution in [0.4, 0.5) is 0 Å². The van der Waals surface area contributed by atoms with Gasteiger partial charge in [-0.1, -0.05) is 0 Å². The lowest BCUT2D eigenvalue weighted by Gasteiger charge is -2.08. The maximum atomic E-state index is 5.15. The highest BCUT2D eigenvalue weighted by Gasteiger charge is 1.93. The molecule has 0 spiro atoms. The van der Waals surface area contributed by atoms with Crippen molar-refractivity contribution in [3.8, 4) is 0 Å². The van der Waals surface area contributed by atoms with E-state index in [0.717, 1.165) is 0 Å². The fraction of sp³-hybridized carbons (Fsp3) is 1.00. The van der Waals surface area contributed by atoms with Crippen molar-refractivity contribution in [2.45, 2.75) is 13.2 Å². The largest absolute Gasteiger partial charge is 1.00 e. The Bertz CT molecular complexity index is 54.2. The highest BCUT2D eigenvalue weighted by molar-refractivity contribution is 4.31. The summed E-state index contributed by atoms with van der Waals surface area (Å²) in [4.78, 5) is 0. The normalized spacial score (nSPS) is 12.3. The molecule has 0 rings (SSSR count). The summed E-state index contributed by atoms with van der Waals surface area (Å²) in [7, 11) is 1.60. The van der Waals surface area contributed by atoms with Gasteiger partial charge in [-0.15, -0.1) is 0 Å². The Morgan fingerprint density at radius 3 is 2.44 bits per heavy atom. The van der Waals surface area contributed by atoms with Crippen molar-refractivity contribution in [1.82, 2.24) is 0 Å². The Hall–Kier alpha value is 0.170. The molecule has 2 N–H and O–H groups in total. The number of ether oxygens (including phenoxy) is 2. The van der Waals surface area contributed by atoms with Crippen LogP contribution in [-0.4, -0.2) is 26.6 Å². The maximum Gasteiger partial charge on any atom is 0.154 e. The van der Waals surface area contributed by atoms with Crippen LogP contribution in [0, 0.1) is 0 Å². The molecule has 0 amide bonds. The molecule has 1 unspecified atom stereocenters. The molecule has 0 aliphatic heterocycles. The highest BCUT2D eigenvalue weighted by Crippen LogP contribution is 1.87. The van der Waals surface area contributed by atoms with Crippen LogP contribution in [0.15, 0.2) is 0 Å². The minimum absolute atomic E-state index is 0. The molecule has 1 atom stereocenters. The molecular weight excluding hydrogens is 142 g/mol. The number of hydrogen-bond acceptors (Lipinski definition) is 3. The number of methoxy groups -OCH3 is 1. The summed E-state index contributed by atoms with van der Waals surface area (Å²) in [6.45, 7) is 2.94. The van der Waals surface area contributed by atoms with Gasteiger partial charge in [0.2, 0.25) is 0 Å². The van der Waals surface area contributed by atoms with E-state index in [2.05, 4.69) is 0 Å². The van der Waals surface area contributed by atoms with Crippen LogP contribution in [-0.2, 0) is 9.47 Å². The molecule has 0 saturated heterocycles. The summed E-state index contributed by atoms with van der Waals surface area (Å²) >= 11 is 0. The van der Waals surface area contributed by atoms with Crippen molar-refractivity contribution < 1.29 is 21.9 Å². The van der Waals surface area contributed by atoms with Crippen LogP contribution in [0.3, 0.4) is 0 Å². The summed E-state index contributed by atoms with van der Waals surface area (Å²) in [6, 6.07) is 0. The van der Waals surface area contributed by atoms with Crippen LogP contribution in [0.2, 0.25) is 0 Å². The third kappa shape index (κ3) is 8.17. The molecular formula is C5H13ClNO2-. The second-order valence-electron chi connectivity index (χ2n) is 1.46. The van der Waals surface area contributed by atoms with E-state index in [1.165, 1.54) is 0 Å². The first kappa shape index (κ1) is 11.9. The Balaban J connectivity index is 0. The summed E-state index contributed by atoms with van der Waals surface area (Å²) in [5.41, 5.74) is 5.15. The van der Waals surface area contributed by atoms with Crippen LogP contribution in [0.5, 0.6) is 0 Å². The first-order chi connectivity index (χ1) is 3.81. The van der Waals surface area contributed by atoms with E-state index in [0.29, 0.717) is 13.2 Å². The van der Waals surface area contributed by atoms with E-state index in [-0.39, 0.29) is 18.7 Å². The minimum atomic E-state index is -0.126. The van der Waals surface area contributed by atoms with Gasteiger partial charge in [0.15, 0.2) is 6.29 Å². The highest BCUT2D eigenvalue weighted by atomic mass is 35.5. The molecule has 4 heteroatoms. The Labute approximate surface area is 61.9 Å². The van der Waals surface area contributed by atoms with E-state index in [1.807, 2.05) is 6.92 Å². The Morgan fingerprint density at radius 1 is 1.56 bits per heavy atom. The second-order valence-corrected chi connectivity index (χ2v) is 1.46. The number of hydrogen-bond donors (Lipinski definition) is 1. The monoisotopic (exact) mass is 154 g/mol. The summed E-state index contributed by atoms with van der Waals surface area (Å²) in [5.74, 6) is 0. The van der Waals surface area contributed by atoms with E-state index in [9.17, 15) is 0 Å². The van der Waals surface area contributed by atoms with Gasteiger partial charge >= 0.3 is 0 Å². The van der Waals surface area contributed by atoms with Crippen molar-refractivity contribution >= 4 is 0 Å². The molecule has 0 fully saturated rings. The van der Waals surface area contributed by atoms with Crippen molar-refractivity contribution in [3.63, 3.8) is 0 Å². The van der Waals surface area contributed by atoms with Crippen LogP contribution in [0.25, 0.3) is 0 Å². The van der Waals surface area contributed by atoms with Gasteiger partial charge in [-0.2, -0.15) is 0 Å². The van der Waals surface area contributed by atoms with Crippen molar-refractivity contribution in [1.29, 1.82) is 0 Å². The molecule has 0 aromatic heterocycles. The molecule has 0 aliphatic carbocycles. The van der Waals surface area contributed by atoms with E-state index in [4.69, 9.17) is 15.2 Å². The van der Waals surface area contributed by atoms with Crippen LogP contribution >= 0.6 is 0 Å². The van der Waals surface area contributed by atoms with Crippen molar-refractivity contribution in [2.24, 2.45) is 5.73 Å². The lowest BCUT2D eigenvalue weighted by molar-refractivity contribution is -0.108. The predicted octanol–water partition coefficient (Wildman–Crippen LogP) is -3.04. The molecule has 3 nitrogen and oxygen atoms in total. The van der Waals surface area contributed by atoms with Gasteiger partial charge in [0.25, 0.3) is 0 Å². The minimum Gasteiger partial charge on any atom is -1.00 e. The first-order valence-electron chi connectivity index (χ1n) is 2.65. The average molecular weight is 155 g/mol. The van der Waals surface area contributed by atoms with E-state index < -0.39 is 0 Å². The lowest BCUT2D eigenvalue weighted by atomic mass is 10.7. The third-order valence-corrected chi connectivity index (χ3v) is 0.802. The topological polar surface area (TPSA) is 44.5 Å². The quantitative estimate of drug-likeness (QED) is 0.438. The lowest BCUT2D eigenvalue weighted by Crippen LogP contribution is -3.00. The Morgan fingerprint density at radius 2 is 2.11 bits per heavy atom. The van der Waals surface area contributed by atoms with Gasteiger partial charge in [-0.05, 0) is 6.92 Å². The van der Waals surface area contributed by atoms with Crippen LogP contribution in [0.1, 0.15) is 6.92 Å². The molecule has 0 aromatic rings. The Kier molecular flexibility index (Phi) is 10.8. The van der Waals surface area contributed by atoms with Gasteiger partial charge in [-0.25, -0.2) is 0 Å². The van der Waals surface area contributed by atoms with Gasteiger partial charge < -0.3 is 27.6 Å². The van der Waals surface area contributed by atoms with Crippen molar-refractivity contribution in [2.75, 3.05) is 20.3 Å². The third-order valence-electron chi connectivity index (χ3n) is 0.802. The molecule has 0 bridgehead atoms. The van der Waals surface area contributed by atoms with E-state index >= 15 is 0 Å². The maximum absolute atomic E-state index is 5.15. The molecule has 0 heterocycles. The molecule has 0 saturated carbocycles. The van der Waals surface area contributed by atoms with E-state index in [1.54, 1.807) is 7.11 Å². The fourth-order valence-electron chi connectivity index (χ4n) is 0.302.